The first-order chi connectivity index (χ1) is 21.2. The number of aliphatic carboxylic acids is 1. The molecule has 4 rings (SSSR count). The number of likely N-dealkylation sites (tertiary alicyclic amines) is 1. The van der Waals surface area contributed by atoms with Crippen LogP contribution in [0.15, 0.2) is 41.3 Å². The normalized spacial score (nSPS) is 21.1. The minimum absolute atomic E-state index is 0.0895. The number of carboxylic acid groups (broad SMARTS) is 1. The third kappa shape index (κ3) is 5.88. The van der Waals surface area contributed by atoms with Gasteiger partial charge in [0, 0.05) is 29.5 Å². The number of hydrogen-bond donors (Lipinski definition) is 1. The zero-order valence-corrected chi connectivity index (χ0v) is 26.5. The van der Waals surface area contributed by atoms with Crippen LogP contribution >= 0.6 is 11.6 Å². The maximum absolute atomic E-state index is 15.1. The molecular formula is C31H33ClF7NO5S. The van der Waals surface area contributed by atoms with Gasteiger partial charge in [0.2, 0.25) is 5.91 Å². The van der Waals surface area contributed by atoms with E-state index in [1.54, 1.807) is 6.92 Å². The molecule has 1 heterocycles. The number of hydrogen-bond acceptors (Lipinski definition) is 4. The lowest BCUT2D eigenvalue weighted by Crippen LogP contribution is -2.53. The van der Waals surface area contributed by atoms with Crippen LogP contribution in [-0.4, -0.2) is 55.2 Å². The molecule has 6 nitrogen and oxygen atoms in total. The number of carbonyl (C=O) groups is 2. The van der Waals surface area contributed by atoms with E-state index < -0.39 is 62.0 Å². The molecule has 15 heteroatoms. The van der Waals surface area contributed by atoms with Gasteiger partial charge in [0.05, 0.1) is 10.9 Å². The number of halogens is 8. The summed E-state index contributed by atoms with van der Waals surface area (Å²) < 4.78 is 124. The minimum Gasteiger partial charge on any atom is -0.481 e. The van der Waals surface area contributed by atoms with E-state index in [9.17, 15) is 44.3 Å². The van der Waals surface area contributed by atoms with Crippen LogP contribution in [0.1, 0.15) is 74.1 Å². The second-order valence-electron chi connectivity index (χ2n) is 11.9. The molecule has 1 aliphatic carbocycles. The molecule has 0 saturated carbocycles. The number of rotatable bonds is 10. The summed E-state index contributed by atoms with van der Waals surface area (Å²) in [6, 6.07) is 4.42. The Bertz CT molecular complexity index is 1600. The van der Waals surface area contributed by atoms with Crippen LogP contribution in [0.2, 0.25) is 5.02 Å². The first kappa shape index (κ1) is 36.0. The lowest BCUT2D eigenvalue weighted by atomic mass is 9.76. The van der Waals surface area contributed by atoms with Gasteiger partial charge in [-0.15, -0.1) is 0 Å². The summed E-state index contributed by atoms with van der Waals surface area (Å²) in [5.74, 6) is -2.07. The lowest BCUT2D eigenvalue weighted by Gasteiger charge is -2.43. The maximum atomic E-state index is 15.1. The number of sulfone groups is 1. The number of aryl methyl sites for hydroxylation is 2. The third-order valence-corrected chi connectivity index (χ3v) is 12.2. The quantitative estimate of drug-likeness (QED) is 0.256. The molecule has 1 amide bonds. The van der Waals surface area contributed by atoms with Gasteiger partial charge in [0.15, 0.2) is 9.84 Å². The lowest BCUT2D eigenvalue weighted by molar-refractivity contribution is -0.348. The summed E-state index contributed by atoms with van der Waals surface area (Å²) in [6.45, 7) is 3.30. The highest BCUT2D eigenvalue weighted by molar-refractivity contribution is 7.92. The van der Waals surface area contributed by atoms with E-state index in [-0.39, 0.29) is 66.1 Å². The van der Waals surface area contributed by atoms with Crippen LogP contribution in [-0.2, 0) is 36.3 Å². The number of fused-ring (bicyclic) bond motifs is 3. The van der Waals surface area contributed by atoms with Crippen molar-refractivity contribution in [1.82, 2.24) is 4.90 Å². The molecule has 0 bridgehead atoms. The standard InChI is InChI=1S/C31H33ClF7NO5S/c1-3-5-19(6-4-7-26(41)42)27(43)40-15-14-28(46(44,45)22-10-12-24(32)18(2)16-22)23-11-9-21(17-20(23)8-13-25(28)40)29(33,30(34,35)36)31(37,38)39/h9-12,16-17,19,25H,3-8,13-15H2,1-2H3,(H,41,42)/t19-,25?,28?/m0/s1. The van der Waals surface area contributed by atoms with Gasteiger partial charge in [-0.2, -0.15) is 26.3 Å². The maximum Gasteiger partial charge on any atom is 0.435 e. The highest BCUT2D eigenvalue weighted by Crippen LogP contribution is 2.57. The molecular weight excluding hydrogens is 667 g/mol. The van der Waals surface area contributed by atoms with Crippen molar-refractivity contribution in [3.05, 3.63) is 63.7 Å². The highest BCUT2D eigenvalue weighted by Gasteiger charge is 2.74. The number of alkyl halides is 7. The molecule has 2 aromatic carbocycles. The monoisotopic (exact) mass is 699 g/mol. The zero-order chi connectivity index (χ0) is 34.5. The molecule has 2 unspecified atom stereocenters. The molecule has 254 valence electrons. The predicted octanol–water partition coefficient (Wildman–Crippen LogP) is 7.83. The van der Waals surface area contributed by atoms with E-state index in [1.807, 2.05) is 6.92 Å². The summed E-state index contributed by atoms with van der Waals surface area (Å²) in [5, 5.41) is 9.32. The summed E-state index contributed by atoms with van der Waals surface area (Å²) >= 11 is 6.13. The summed E-state index contributed by atoms with van der Waals surface area (Å²) in [5.41, 5.74) is -7.31. The van der Waals surface area contributed by atoms with Gasteiger partial charge >= 0.3 is 24.0 Å². The van der Waals surface area contributed by atoms with Crippen molar-refractivity contribution in [2.24, 2.45) is 5.92 Å². The Morgan fingerprint density at radius 2 is 1.70 bits per heavy atom. The molecule has 1 fully saturated rings. The van der Waals surface area contributed by atoms with Crippen molar-refractivity contribution in [3.63, 3.8) is 0 Å². The Morgan fingerprint density at radius 3 is 2.26 bits per heavy atom. The van der Waals surface area contributed by atoms with E-state index in [1.165, 1.54) is 23.1 Å². The smallest absolute Gasteiger partial charge is 0.435 e. The van der Waals surface area contributed by atoms with Gasteiger partial charge in [-0.3, -0.25) is 9.59 Å². The highest BCUT2D eigenvalue weighted by atomic mass is 35.5. The van der Waals surface area contributed by atoms with Gasteiger partial charge in [0.1, 0.15) is 4.75 Å². The minimum atomic E-state index is -6.35. The van der Waals surface area contributed by atoms with Gasteiger partial charge in [0.25, 0.3) is 0 Å². The van der Waals surface area contributed by atoms with E-state index >= 15 is 4.39 Å². The molecule has 2 aromatic rings. The van der Waals surface area contributed by atoms with Crippen molar-refractivity contribution in [1.29, 1.82) is 0 Å². The summed E-state index contributed by atoms with van der Waals surface area (Å²) in [6.07, 6.45) is -12.1. The fraction of sp³-hybridized carbons (Fsp3) is 0.548. The SMILES string of the molecule is CCC[C@@H](CCCC(=O)O)C(=O)N1CCC2(S(=O)(=O)c3ccc(Cl)c(C)c3)c3ccc(C(F)(C(F)(F)F)C(F)(F)F)cc3CCC12. The molecule has 0 spiro atoms. The van der Waals surface area contributed by atoms with Crippen molar-refractivity contribution in [3.8, 4) is 0 Å². The van der Waals surface area contributed by atoms with E-state index in [4.69, 9.17) is 16.7 Å². The van der Waals surface area contributed by atoms with E-state index in [0.717, 1.165) is 6.07 Å². The Morgan fingerprint density at radius 1 is 1.04 bits per heavy atom. The fourth-order valence-corrected chi connectivity index (χ4v) is 9.53. The van der Waals surface area contributed by atoms with E-state index in [2.05, 4.69) is 0 Å². The molecule has 3 atom stereocenters. The predicted molar refractivity (Wildman–Crippen MR) is 155 cm³/mol. The molecule has 1 saturated heterocycles. The largest absolute Gasteiger partial charge is 0.481 e. The van der Waals surface area contributed by atoms with Gasteiger partial charge < -0.3 is 10.0 Å². The molecule has 1 N–H and O–H groups in total. The Hall–Kier alpha value is -2.87. The van der Waals surface area contributed by atoms with Crippen LogP contribution in [0.25, 0.3) is 0 Å². The van der Waals surface area contributed by atoms with Crippen molar-refractivity contribution < 1.29 is 53.8 Å². The number of benzene rings is 2. The molecule has 46 heavy (non-hydrogen) atoms. The summed E-state index contributed by atoms with van der Waals surface area (Å²) in [7, 11) is -4.52. The van der Waals surface area contributed by atoms with Crippen LogP contribution in [0, 0.1) is 12.8 Å². The second kappa shape index (κ2) is 12.6. The molecule has 0 aromatic heterocycles. The first-order valence-electron chi connectivity index (χ1n) is 14.7. The van der Waals surface area contributed by atoms with Crippen LogP contribution in [0.3, 0.4) is 0 Å². The molecule has 0 radical (unpaired) electrons. The number of carbonyl (C=O) groups excluding carboxylic acids is 1. The van der Waals surface area contributed by atoms with Crippen molar-refractivity contribution in [2.75, 3.05) is 6.54 Å². The fourth-order valence-electron chi connectivity index (χ4n) is 6.96. The Labute approximate surface area is 266 Å². The van der Waals surface area contributed by atoms with Crippen molar-refractivity contribution >= 4 is 33.3 Å². The topological polar surface area (TPSA) is 91.8 Å². The van der Waals surface area contributed by atoms with Crippen LogP contribution in [0.5, 0.6) is 0 Å². The number of carboxylic acids is 1. The Kier molecular flexibility index (Phi) is 9.87. The average molecular weight is 700 g/mol. The molecule has 1 aliphatic heterocycles. The zero-order valence-electron chi connectivity index (χ0n) is 24.9. The average Bonchev–Trinajstić information content (AvgIpc) is 3.37. The second-order valence-corrected chi connectivity index (χ2v) is 14.6. The van der Waals surface area contributed by atoms with Gasteiger partial charge in [-0.05, 0) is 80.3 Å². The first-order valence-corrected chi connectivity index (χ1v) is 16.6. The number of amides is 1. The number of nitrogens with zero attached hydrogens (tertiary/aromatic N) is 1. The van der Waals surface area contributed by atoms with Crippen LogP contribution in [0.4, 0.5) is 30.7 Å². The van der Waals surface area contributed by atoms with Crippen LogP contribution < -0.4 is 0 Å². The van der Waals surface area contributed by atoms with Gasteiger partial charge in [-0.25, -0.2) is 12.8 Å². The molecule has 2 aliphatic rings. The van der Waals surface area contributed by atoms with E-state index in [0.29, 0.717) is 30.5 Å². The van der Waals surface area contributed by atoms with Gasteiger partial charge in [-0.1, -0.05) is 43.1 Å². The summed E-state index contributed by atoms with van der Waals surface area (Å²) in [4.78, 5) is 26.2. The third-order valence-electron chi connectivity index (χ3n) is 9.20. The van der Waals surface area contributed by atoms with Crippen molar-refractivity contribution in [2.45, 2.75) is 98.9 Å². The Balaban J connectivity index is 1.90.